The lowest BCUT2D eigenvalue weighted by Crippen LogP contribution is -2.30. The average molecular weight is 391 g/mol. The molecule has 0 aliphatic rings. The number of benzene rings is 2. The number of alkyl halides is 2. The normalized spacial score (nSPS) is 11.2. The van der Waals surface area contributed by atoms with Gasteiger partial charge in [0.1, 0.15) is 18.9 Å². The van der Waals surface area contributed by atoms with Gasteiger partial charge in [-0.05, 0) is 40.8 Å². The zero-order valence-electron chi connectivity index (χ0n) is 16.0. The van der Waals surface area contributed by atoms with Crippen LogP contribution in [0.5, 0.6) is 5.75 Å². The van der Waals surface area contributed by atoms with Gasteiger partial charge < -0.3 is 14.8 Å². The van der Waals surface area contributed by atoms with Crippen LogP contribution in [0.15, 0.2) is 48.5 Å². The molecule has 0 saturated heterocycles. The summed E-state index contributed by atoms with van der Waals surface area (Å²) in [4.78, 5) is 23.9. The fourth-order valence-corrected chi connectivity index (χ4v) is 2.36. The summed E-state index contributed by atoms with van der Waals surface area (Å²) in [5.41, 5.74) is 2.16. The molecule has 0 bridgehead atoms. The summed E-state index contributed by atoms with van der Waals surface area (Å²) in [5.74, 6) is -0.951. The van der Waals surface area contributed by atoms with Crippen LogP contribution in [0.4, 0.5) is 8.78 Å². The second-order valence-corrected chi connectivity index (χ2v) is 7.19. The van der Waals surface area contributed by atoms with Crippen molar-refractivity contribution in [1.29, 1.82) is 0 Å². The maximum absolute atomic E-state index is 12.1. The Bertz CT molecular complexity index is 797. The number of halogens is 2. The van der Waals surface area contributed by atoms with Crippen LogP contribution in [0, 0.1) is 0 Å². The summed E-state index contributed by atoms with van der Waals surface area (Å²) in [6.45, 7) is 3.04. The smallest absolute Gasteiger partial charge is 0.387 e. The number of carbonyl (C=O) groups excluding carboxylic acids is 2. The topological polar surface area (TPSA) is 64.6 Å². The highest BCUT2D eigenvalue weighted by atomic mass is 19.3. The number of rotatable bonds is 7. The van der Waals surface area contributed by atoms with Gasteiger partial charge in [0.2, 0.25) is 0 Å². The van der Waals surface area contributed by atoms with Crippen LogP contribution in [0.25, 0.3) is 0 Å². The van der Waals surface area contributed by atoms with Crippen LogP contribution in [0.2, 0.25) is 0 Å². The van der Waals surface area contributed by atoms with Crippen molar-refractivity contribution in [2.24, 2.45) is 0 Å². The van der Waals surface area contributed by atoms with Gasteiger partial charge in [-0.15, -0.1) is 0 Å². The number of ether oxygens (including phenoxy) is 2. The molecule has 1 N–H and O–H groups in total. The summed E-state index contributed by atoms with van der Waals surface area (Å²) in [5, 5.41) is 2.51. The Balaban J connectivity index is 1.78. The summed E-state index contributed by atoms with van der Waals surface area (Å²) in [7, 11) is 0. The number of esters is 1. The van der Waals surface area contributed by atoms with Crippen LogP contribution in [-0.4, -0.2) is 25.0 Å². The fraction of sp³-hybridized carbons (Fsp3) is 0.333. The Morgan fingerprint density at radius 1 is 1.00 bits per heavy atom. The van der Waals surface area contributed by atoms with Crippen molar-refractivity contribution in [1.82, 2.24) is 5.32 Å². The van der Waals surface area contributed by atoms with Gasteiger partial charge in [0, 0.05) is 5.56 Å². The lowest BCUT2D eigenvalue weighted by atomic mass is 9.87. The number of nitrogens with one attached hydrogen (secondary N) is 1. The van der Waals surface area contributed by atoms with Crippen LogP contribution in [0.1, 0.15) is 42.3 Å². The molecule has 0 radical (unpaired) electrons. The van der Waals surface area contributed by atoms with Gasteiger partial charge in [-0.1, -0.05) is 45.0 Å². The third-order valence-electron chi connectivity index (χ3n) is 3.95. The Morgan fingerprint density at radius 3 is 2.14 bits per heavy atom. The van der Waals surface area contributed by atoms with Crippen molar-refractivity contribution in [3.8, 4) is 5.75 Å². The zero-order chi connectivity index (χ0) is 20.7. The van der Waals surface area contributed by atoms with Gasteiger partial charge in [0.15, 0.2) is 0 Å². The van der Waals surface area contributed by atoms with Crippen LogP contribution >= 0.6 is 0 Å². The predicted octanol–water partition coefficient (Wildman–Crippen LogP) is 4.06. The summed E-state index contributed by atoms with van der Waals surface area (Å²) in [6, 6.07) is 12.9. The van der Waals surface area contributed by atoms with Crippen LogP contribution in [-0.2, 0) is 21.6 Å². The number of carbonyl (C=O) groups is 2. The summed E-state index contributed by atoms with van der Waals surface area (Å²) >= 11 is 0. The molecule has 0 aliphatic carbocycles. The highest BCUT2D eigenvalue weighted by molar-refractivity contribution is 5.95. The first-order valence-electron chi connectivity index (χ1n) is 8.73. The van der Waals surface area contributed by atoms with E-state index in [2.05, 4.69) is 30.8 Å². The van der Waals surface area contributed by atoms with Crippen LogP contribution < -0.4 is 10.1 Å². The third kappa shape index (κ3) is 6.64. The lowest BCUT2D eigenvalue weighted by molar-refractivity contribution is -0.143. The first kappa shape index (κ1) is 21.3. The largest absolute Gasteiger partial charge is 0.460 e. The highest BCUT2D eigenvalue weighted by Crippen LogP contribution is 2.22. The Labute approximate surface area is 162 Å². The molecule has 7 heteroatoms. The summed E-state index contributed by atoms with van der Waals surface area (Å²) < 4.78 is 33.5. The van der Waals surface area contributed by atoms with E-state index in [0.29, 0.717) is 11.1 Å². The van der Waals surface area contributed by atoms with Gasteiger partial charge >= 0.3 is 12.6 Å². The number of hydrogen-bond acceptors (Lipinski definition) is 4. The minimum atomic E-state index is -2.89. The molecule has 150 valence electrons. The van der Waals surface area contributed by atoms with Crippen molar-refractivity contribution in [3.05, 3.63) is 65.2 Å². The maximum atomic E-state index is 12.1. The molecule has 2 rings (SSSR count). The van der Waals surface area contributed by atoms with E-state index >= 15 is 0 Å². The van der Waals surface area contributed by atoms with E-state index in [9.17, 15) is 18.4 Å². The average Bonchev–Trinajstić information content (AvgIpc) is 2.64. The van der Waals surface area contributed by atoms with E-state index in [-0.39, 0.29) is 30.2 Å². The van der Waals surface area contributed by atoms with Gasteiger partial charge in [0.05, 0.1) is 0 Å². The second kappa shape index (κ2) is 9.30. The van der Waals surface area contributed by atoms with E-state index in [1.807, 2.05) is 12.1 Å². The molecule has 0 aliphatic heterocycles. The molecule has 0 spiro atoms. The molecule has 0 saturated carbocycles. The second-order valence-electron chi connectivity index (χ2n) is 7.19. The first-order valence-corrected chi connectivity index (χ1v) is 8.73. The van der Waals surface area contributed by atoms with E-state index in [0.717, 1.165) is 5.56 Å². The Morgan fingerprint density at radius 2 is 1.61 bits per heavy atom. The molecule has 0 aromatic heterocycles. The molecular weight excluding hydrogens is 368 g/mol. The molecule has 5 nitrogen and oxygen atoms in total. The zero-order valence-corrected chi connectivity index (χ0v) is 16.0. The van der Waals surface area contributed by atoms with Crippen molar-refractivity contribution in [2.75, 3.05) is 6.54 Å². The molecule has 2 aromatic rings. The molecule has 0 fully saturated rings. The molecule has 0 atom stereocenters. The standard InChI is InChI=1S/C21H23F2NO4/c1-21(2,3)16-8-6-15(7-9-16)19(26)24-12-18(25)27-13-14-4-10-17(11-5-14)28-20(22)23/h4-11,20H,12-13H2,1-3H3,(H,24,26). The SMILES string of the molecule is CC(C)(C)c1ccc(C(=O)NCC(=O)OCc2ccc(OC(F)F)cc2)cc1. The molecule has 1 amide bonds. The first-order chi connectivity index (χ1) is 13.1. The van der Waals surface area contributed by atoms with Gasteiger partial charge in [-0.25, -0.2) is 0 Å². The summed E-state index contributed by atoms with van der Waals surface area (Å²) in [6.07, 6.45) is 0. The minimum absolute atomic E-state index is 0.0113. The van der Waals surface area contributed by atoms with E-state index in [1.165, 1.54) is 24.3 Å². The van der Waals surface area contributed by atoms with E-state index < -0.39 is 12.6 Å². The van der Waals surface area contributed by atoms with E-state index in [1.54, 1.807) is 12.1 Å². The monoisotopic (exact) mass is 391 g/mol. The molecule has 0 heterocycles. The van der Waals surface area contributed by atoms with Gasteiger partial charge in [0.25, 0.3) is 5.91 Å². The van der Waals surface area contributed by atoms with Crippen molar-refractivity contribution < 1.29 is 27.8 Å². The predicted molar refractivity (Wildman–Crippen MR) is 100 cm³/mol. The highest BCUT2D eigenvalue weighted by Gasteiger charge is 2.15. The Hall–Kier alpha value is -2.96. The maximum Gasteiger partial charge on any atom is 0.387 e. The molecule has 2 aromatic carbocycles. The fourth-order valence-electron chi connectivity index (χ4n) is 2.36. The third-order valence-corrected chi connectivity index (χ3v) is 3.95. The van der Waals surface area contributed by atoms with Gasteiger partial charge in [-0.3, -0.25) is 9.59 Å². The molecule has 0 unspecified atom stereocenters. The quantitative estimate of drug-likeness (QED) is 0.723. The van der Waals surface area contributed by atoms with Gasteiger partial charge in [-0.2, -0.15) is 8.78 Å². The molecular formula is C21H23F2NO4. The van der Waals surface area contributed by atoms with Crippen LogP contribution in [0.3, 0.4) is 0 Å². The molecule has 28 heavy (non-hydrogen) atoms. The van der Waals surface area contributed by atoms with Crippen molar-refractivity contribution in [3.63, 3.8) is 0 Å². The minimum Gasteiger partial charge on any atom is -0.460 e. The number of hydrogen-bond donors (Lipinski definition) is 1. The van der Waals surface area contributed by atoms with Crippen molar-refractivity contribution in [2.45, 2.75) is 39.4 Å². The van der Waals surface area contributed by atoms with E-state index in [4.69, 9.17) is 4.74 Å². The Kier molecular flexibility index (Phi) is 7.09. The lowest BCUT2D eigenvalue weighted by Gasteiger charge is -2.19. The number of amides is 1. The van der Waals surface area contributed by atoms with Crippen molar-refractivity contribution >= 4 is 11.9 Å².